The summed E-state index contributed by atoms with van der Waals surface area (Å²) in [6.07, 6.45) is 8.04. The van der Waals surface area contributed by atoms with E-state index in [-0.39, 0.29) is 5.41 Å². The number of carbonyl (C=O) groups is 1. The molecule has 3 fully saturated rings. The van der Waals surface area contributed by atoms with E-state index in [0.717, 1.165) is 25.2 Å². The van der Waals surface area contributed by atoms with E-state index in [1.165, 1.54) is 49.9 Å². The van der Waals surface area contributed by atoms with Crippen LogP contribution in [0, 0.1) is 11.8 Å². The molecule has 116 valence electrons. The Morgan fingerprint density at radius 2 is 2.05 bits per heavy atom. The van der Waals surface area contributed by atoms with Crippen LogP contribution in [0.1, 0.15) is 49.7 Å². The highest BCUT2D eigenvalue weighted by atomic mass is 16.1. The molecule has 1 aliphatic heterocycles. The first kappa shape index (κ1) is 13.3. The number of hydrogen-bond donors (Lipinski definition) is 0. The Labute approximate surface area is 132 Å². The normalized spacial score (nSPS) is 37.5. The lowest BCUT2D eigenvalue weighted by Crippen LogP contribution is -2.62. The van der Waals surface area contributed by atoms with Crippen molar-refractivity contribution in [2.24, 2.45) is 11.8 Å². The maximum Gasteiger partial charge on any atom is 0.133 e. The lowest BCUT2D eigenvalue weighted by Gasteiger charge is -2.58. The van der Waals surface area contributed by atoms with E-state index in [0.29, 0.717) is 17.7 Å². The van der Waals surface area contributed by atoms with Gasteiger partial charge in [-0.05, 0) is 61.6 Å². The fourth-order valence-corrected chi connectivity index (χ4v) is 5.73. The van der Waals surface area contributed by atoms with E-state index in [1.807, 2.05) is 0 Å². The van der Waals surface area contributed by atoms with Gasteiger partial charge >= 0.3 is 0 Å². The molecule has 3 atom stereocenters. The van der Waals surface area contributed by atoms with Gasteiger partial charge in [0.1, 0.15) is 5.78 Å². The number of likely N-dealkylation sites (tertiary alicyclic amines) is 1. The van der Waals surface area contributed by atoms with Gasteiger partial charge in [0.15, 0.2) is 0 Å². The minimum atomic E-state index is 0.175. The minimum absolute atomic E-state index is 0.175. The molecule has 3 aliphatic carbocycles. The average Bonchev–Trinajstić information content (AvgIpc) is 3.34. The fraction of sp³-hybridized carbons (Fsp3) is 0.650. The number of rotatable bonds is 2. The molecule has 0 radical (unpaired) electrons. The predicted octanol–water partition coefficient (Wildman–Crippen LogP) is 3.33. The van der Waals surface area contributed by atoms with Crippen LogP contribution in [0.5, 0.6) is 0 Å². The van der Waals surface area contributed by atoms with Crippen LogP contribution in [0.3, 0.4) is 0 Å². The van der Waals surface area contributed by atoms with Crippen LogP contribution >= 0.6 is 0 Å². The van der Waals surface area contributed by atoms with Crippen molar-refractivity contribution < 1.29 is 4.79 Å². The number of piperidine rings is 1. The molecule has 2 bridgehead atoms. The van der Waals surface area contributed by atoms with Crippen molar-refractivity contribution in [3.8, 4) is 0 Å². The summed E-state index contributed by atoms with van der Waals surface area (Å²) < 4.78 is 0. The van der Waals surface area contributed by atoms with Gasteiger partial charge in [0.05, 0.1) is 0 Å². The molecule has 3 unspecified atom stereocenters. The van der Waals surface area contributed by atoms with Crippen LogP contribution in [0.15, 0.2) is 24.3 Å². The van der Waals surface area contributed by atoms with E-state index < -0.39 is 0 Å². The Balaban J connectivity index is 1.59. The van der Waals surface area contributed by atoms with Crippen LogP contribution in [-0.2, 0) is 16.6 Å². The molecule has 1 heterocycles. The molecule has 22 heavy (non-hydrogen) atoms. The highest BCUT2D eigenvalue weighted by Crippen LogP contribution is 2.55. The quantitative estimate of drug-likeness (QED) is 0.834. The smallest absolute Gasteiger partial charge is 0.133 e. The van der Waals surface area contributed by atoms with Crippen molar-refractivity contribution in [3.63, 3.8) is 0 Å². The summed E-state index contributed by atoms with van der Waals surface area (Å²) in [6, 6.07) is 9.70. The van der Waals surface area contributed by atoms with Crippen LogP contribution in [0.2, 0.25) is 0 Å². The number of benzene rings is 1. The summed E-state index contributed by atoms with van der Waals surface area (Å²) in [5.74, 6) is 2.19. The Kier molecular flexibility index (Phi) is 2.83. The largest absolute Gasteiger partial charge is 0.300 e. The number of ketones is 1. The van der Waals surface area contributed by atoms with Gasteiger partial charge in [-0.3, -0.25) is 9.69 Å². The lowest BCUT2D eigenvalue weighted by molar-refractivity contribution is -0.127. The lowest BCUT2D eigenvalue weighted by atomic mass is 9.52. The molecule has 1 aromatic carbocycles. The highest BCUT2D eigenvalue weighted by molar-refractivity contribution is 5.81. The highest BCUT2D eigenvalue weighted by Gasteiger charge is 2.55. The zero-order valence-electron chi connectivity index (χ0n) is 13.3. The third-order valence-corrected chi connectivity index (χ3v) is 6.91. The Morgan fingerprint density at radius 3 is 2.91 bits per heavy atom. The molecule has 2 saturated carbocycles. The topological polar surface area (TPSA) is 20.3 Å². The van der Waals surface area contributed by atoms with Crippen molar-refractivity contribution in [1.29, 1.82) is 0 Å². The van der Waals surface area contributed by atoms with Crippen molar-refractivity contribution in [2.75, 3.05) is 13.1 Å². The first-order valence-corrected chi connectivity index (χ1v) is 9.10. The molecule has 1 saturated heterocycles. The molecular formula is C20H25NO. The molecule has 4 aliphatic rings. The van der Waals surface area contributed by atoms with E-state index >= 15 is 0 Å². The molecular weight excluding hydrogens is 270 g/mol. The summed E-state index contributed by atoms with van der Waals surface area (Å²) in [7, 11) is 0. The van der Waals surface area contributed by atoms with Gasteiger partial charge in [0, 0.05) is 30.8 Å². The number of hydrogen-bond acceptors (Lipinski definition) is 2. The molecule has 0 N–H and O–H groups in total. The van der Waals surface area contributed by atoms with Crippen LogP contribution in [-0.4, -0.2) is 29.8 Å². The Hall–Kier alpha value is -1.15. The SMILES string of the molecule is O=C1CCC2C3Cc4ccccc4C2(CCN3CC2CC2)C1. The third kappa shape index (κ3) is 1.86. The zero-order valence-corrected chi connectivity index (χ0v) is 13.3. The van der Waals surface area contributed by atoms with E-state index in [4.69, 9.17) is 0 Å². The van der Waals surface area contributed by atoms with E-state index in [9.17, 15) is 4.79 Å². The Bertz CT molecular complexity index is 620. The van der Waals surface area contributed by atoms with Crippen LogP contribution in [0.4, 0.5) is 0 Å². The standard InChI is InChI=1S/C20H25NO/c22-16-7-8-18-19-11-15-3-1-2-4-17(15)20(18,12-16)9-10-21(19)13-14-5-6-14/h1-4,14,18-19H,5-13H2. The maximum atomic E-state index is 12.3. The maximum absolute atomic E-state index is 12.3. The minimum Gasteiger partial charge on any atom is -0.300 e. The second kappa shape index (κ2) is 4.67. The van der Waals surface area contributed by atoms with Gasteiger partial charge in [0.25, 0.3) is 0 Å². The molecule has 0 amide bonds. The molecule has 0 aromatic heterocycles. The molecule has 1 aromatic rings. The van der Waals surface area contributed by atoms with Crippen molar-refractivity contribution in [2.45, 2.75) is 56.4 Å². The summed E-state index contributed by atoms with van der Waals surface area (Å²) in [4.78, 5) is 15.1. The van der Waals surface area contributed by atoms with Gasteiger partial charge in [0.2, 0.25) is 0 Å². The number of fused-ring (bicyclic) bond motifs is 1. The van der Waals surface area contributed by atoms with Crippen molar-refractivity contribution in [1.82, 2.24) is 4.90 Å². The van der Waals surface area contributed by atoms with Gasteiger partial charge in [-0.2, -0.15) is 0 Å². The summed E-state index contributed by atoms with van der Waals surface area (Å²) in [5, 5.41) is 0. The van der Waals surface area contributed by atoms with Crippen LogP contribution in [0.25, 0.3) is 0 Å². The number of carbonyl (C=O) groups excluding carboxylic acids is 1. The van der Waals surface area contributed by atoms with Crippen LogP contribution < -0.4 is 0 Å². The molecule has 2 heteroatoms. The fourth-order valence-electron chi connectivity index (χ4n) is 5.73. The monoisotopic (exact) mass is 295 g/mol. The zero-order chi connectivity index (χ0) is 14.7. The third-order valence-electron chi connectivity index (χ3n) is 6.91. The first-order valence-electron chi connectivity index (χ1n) is 9.10. The van der Waals surface area contributed by atoms with Crippen molar-refractivity contribution >= 4 is 5.78 Å². The second-order valence-corrected chi connectivity index (χ2v) is 8.13. The predicted molar refractivity (Wildman–Crippen MR) is 86.9 cm³/mol. The van der Waals surface area contributed by atoms with Gasteiger partial charge in [-0.1, -0.05) is 24.3 Å². The van der Waals surface area contributed by atoms with Gasteiger partial charge in [-0.25, -0.2) is 0 Å². The molecule has 2 nitrogen and oxygen atoms in total. The van der Waals surface area contributed by atoms with E-state index in [2.05, 4.69) is 29.2 Å². The molecule has 5 rings (SSSR count). The van der Waals surface area contributed by atoms with Gasteiger partial charge in [-0.15, -0.1) is 0 Å². The van der Waals surface area contributed by atoms with Crippen molar-refractivity contribution in [3.05, 3.63) is 35.4 Å². The summed E-state index contributed by atoms with van der Waals surface area (Å²) in [6.45, 7) is 2.52. The van der Waals surface area contributed by atoms with E-state index in [1.54, 1.807) is 0 Å². The number of nitrogens with zero attached hydrogens (tertiary/aromatic N) is 1. The summed E-state index contributed by atoms with van der Waals surface area (Å²) >= 11 is 0. The summed E-state index contributed by atoms with van der Waals surface area (Å²) in [5.41, 5.74) is 3.23. The Morgan fingerprint density at radius 1 is 1.18 bits per heavy atom. The average molecular weight is 295 g/mol. The molecule has 0 spiro atoms. The number of Topliss-reactive ketones (excluding diaryl/α,β-unsaturated/α-hetero) is 1. The second-order valence-electron chi connectivity index (χ2n) is 8.13. The first-order chi connectivity index (χ1) is 10.8. The van der Waals surface area contributed by atoms with Gasteiger partial charge < -0.3 is 0 Å².